The Hall–Kier alpha value is -2.99. The molecule has 0 saturated carbocycles. The average molecular weight is 362 g/mol. The van der Waals surface area contributed by atoms with Gasteiger partial charge in [0.2, 0.25) is 5.88 Å². The Morgan fingerprint density at radius 2 is 2.04 bits per heavy atom. The Kier molecular flexibility index (Phi) is 4.98. The Bertz CT molecular complexity index is 900. The van der Waals surface area contributed by atoms with Crippen LogP contribution in [0.15, 0.2) is 54.9 Å². The summed E-state index contributed by atoms with van der Waals surface area (Å²) in [5.74, 6) is 0.651. The molecule has 1 atom stereocenters. The van der Waals surface area contributed by atoms with Crippen molar-refractivity contribution in [1.29, 1.82) is 0 Å². The van der Waals surface area contributed by atoms with Gasteiger partial charge < -0.3 is 14.7 Å². The number of anilines is 1. The first-order chi connectivity index (χ1) is 13.2. The molecule has 0 aliphatic carbocycles. The lowest BCUT2D eigenvalue weighted by Crippen LogP contribution is -2.26. The molecule has 1 aliphatic heterocycles. The Labute approximate surface area is 158 Å². The van der Waals surface area contributed by atoms with Crippen molar-refractivity contribution >= 4 is 5.69 Å². The second-order valence-electron chi connectivity index (χ2n) is 6.68. The number of aliphatic hydroxyl groups excluding tert-OH is 1. The number of rotatable bonds is 5. The third-order valence-electron chi connectivity index (χ3n) is 4.68. The van der Waals surface area contributed by atoms with E-state index >= 15 is 0 Å². The van der Waals surface area contributed by atoms with Gasteiger partial charge in [0.25, 0.3) is 0 Å². The van der Waals surface area contributed by atoms with E-state index in [-0.39, 0.29) is 12.7 Å². The first-order valence-corrected chi connectivity index (χ1v) is 9.09. The Balaban J connectivity index is 1.49. The summed E-state index contributed by atoms with van der Waals surface area (Å²) in [6.45, 7) is 3.49. The fourth-order valence-electron chi connectivity index (χ4n) is 3.29. The SMILES string of the molecule is Cc1ccc(O[C@H]2CCN(c3ccc(-c4ccccn4)nc3CO)C2)nc1. The summed E-state index contributed by atoms with van der Waals surface area (Å²) in [5.41, 5.74) is 4.28. The van der Waals surface area contributed by atoms with Crippen molar-refractivity contribution in [3.63, 3.8) is 0 Å². The van der Waals surface area contributed by atoms with Gasteiger partial charge in [-0.1, -0.05) is 12.1 Å². The summed E-state index contributed by atoms with van der Waals surface area (Å²) < 4.78 is 6.00. The maximum absolute atomic E-state index is 9.83. The highest BCUT2D eigenvalue weighted by Crippen LogP contribution is 2.28. The summed E-state index contributed by atoms with van der Waals surface area (Å²) in [4.78, 5) is 15.5. The molecule has 4 rings (SSSR count). The molecule has 4 heterocycles. The highest BCUT2D eigenvalue weighted by Gasteiger charge is 2.26. The van der Waals surface area contributed by atoms with Crippen LogP contribution in [-0.2, 0) is 6.61 Å². The summed E-state index contributed by atoms with van der Waals surface area (Å²) in [6.07, 6.45) is 4.53. The molecule has 1 saturated heterocycles. The van der Waals surface area contributed by atoms with Gasteiger partial charge >= 0.3 is 0 Å². The molecule has 0 spiro atoms. The van der Waals surface area contributed by atoms with Crippen molar-refractivity contribution < 1.29 is 9.84 Å². The van der Waals surface area contributed by atoms with Crippen LogP contribution in [0.25, 0.3) is 11.4 Å². The second kappa shape index (κ2) is 7.72. The molecule has 3 aromatic heterocycles. The van der Waals surface area contributed by atoms with E-state index in [9.17, 15) is 5.11 Å². The summed E-state index contributed by atoms with van der Waals surface area (Å²) >= 11 is 0. The summed E-state index contributed by atoms with van der Waals surface area (Å²) in [5, 5.41) is 9.83. The van der Waals surface area contributed by atoms with Crippen LogP contribution in [0.4, 0.5) is 5.69 Å². The maximum Gasteiger partial charge on any atom is 0.213 e. The lowest BCUT2D eigenvalue weighted by atomic mass is 10.2. The number of ether oxygens (including phenoxy) is 1. The molecular weight excluding hydrogens is 340 g/mol. The van der Waals surface area contributed by atoms with Crippen LogP contribution in [0.5, 0.6) is 5.88 Å². The number of nitrogens with zero attached hydrogens (tertiary/aromatic N) is 4. The van der Waals surface area contributed by atoms with E-state index in [0.29, 0.717) is 11.6 Å². The van der Waals surface area contributed by atoms with Gasteiger partial charge in [-0.15, -0.1) is 0 Å². The normalized spacial score (nSPS) is 16.5. The van der Waals surface area contributed by atoms with Crippen LogP contribution >= 0.6 is 0 Å². The van der Waals surface area contributed by atoms with Crippen molar-refractivity contribution in [3.05, 3.63) is 66.1 Å². The molecule has 1 aliphatic rings. The van der Waals surface area contributed by atoms with Gasteiger partial charge in [-0.2, -0.15) is 0 Å². The average Bonchev–Trinajstić information content (AvgIpc) is 3.18. The summed E-state index contributed by atoms with van der Waals surface area (Å²) in [6, 6.07) is 13.6. The van der Waals surface area contributed by atoms with Crippen molar-refractivity contribution in [3.8, 4) is 17.3 Å². The van der Waals surface area contributed by atoms with Crippen LogP contribution < -0.4 is 9.64 Å². The highest BCUT2D eigenvalue weighted by atomic mass is 16.5. The molecule has 0 bridgehead atoms. The van der Waals surface area contributed by atoms with Gasteiger partial charge in [-0.05, 0) is 36.8 Å². The van der Waals surface area contributed by atoms with Crippen LogP contribution in [0, 0.1) is 6.92 Å². The second-order valence-corrected chi connectivity index (χ2v) is 6.68. The molecule has 27 heavy (non-hydrogen) atoms. The highest BCUT2D eigenvalue weighted by molar-refractivity contribution is 5.61. The predicted molar refractivity (Wildman–Crippen MR) is 104 cm³/mol. The third-order valence-corrected chi connectivity index (χ3v) is 4.68. The van der Waals surface area contributed by atoms with E-state index in [2.05, 4.69) is 19.9 Å². The zero-order valence-electron chi connectivity index (χ0n) is 15.2. The fourth-order valence-corrected chi connectivity index (χ4v) is 3.29. The topological polar surface area (TPSA) is 71.4 Å². The number of hydrogen-bond acceptors (Lipinski definition) is 6. The third kappa shape index (κ3) is 3.90. The fraction of sp³-hybridized carbons (Fsp3) is 0.286. The largest absolute Gasteiger partial charge is 0.472 e. The van der Waals surface area contributed by atoms with E-state index in [1.54, 1.807) is 6.20 Å². The van der Waals surface area contributed by atoms with Crippen LogP contribution in [-0.4, -0.2) is 39.3 Å². The van der Waals surface area contributed by atoms with Gasteiger partial charge in [0.1, 0.15) is 6.10 Å². The van der Waals surface area contributed by atoms with Crippen LogP contribution in [0.1, 0.15) is 17.7 Å². The monoisotopic (exact) mass is 362 g/mol. The van der Waals surface area contributed by atoms with E-state index in [1.807, 2.05) is 55.6 Å². The van der Waals surface area contributed by atoms with E-state index in [4.69, 9.17) is 4.74 Å². The van der Waals surface area contributed by atoms with Crippen molar-refractivity contribution in [1.82, 2.24) is 15.0 Å². The molecular formula is C21H22N4O2. The van der Waals surface area contributed by atoms with E-state index in [0.717, 1.165) is 42.1 Å². The van der Waals surface area contributed by atoms with Gasteiger partial charge in [0, 0.05) is 31.4 Å². The van der Waals surface area contributed by atoms with Crippen molar-refractivity contribution in [2.45, 2.75) is 26.1 Å². The Morgan fingerprint density at radius 1 is 1.11 bits per heavy atom. The van der Waals surface area contributed by atoms with Crippen LogP contribution in [0.2, 0.25) is 0 Å². The molecule has 1 fully saturated rings. The van der Waals surface area contributed by atoms with E-state index < -0.39 is 0 Å². The molecule has 1 N–H and O–H groups in total. The number of aryl methyl sites for hydroxylation is 1. The van der Waals surface area contributed by atoms with Gasteiger partial charge in [0.15, 0.2) is 0 Å². The lowest BCUT2D eigenvalue weighted by Gasteiger charge is -2.21. The number of hydrogen-bond donors (Lipinski definition) is 1. The number of aliphatic hydroxyl groups is 1. The maximum atomic E-state index is 9.83. The molecule has 6 heteroatoms. The van der Waals surface area contributed by atoms with E-state index in [1.165, 1.54) is 0 Å². The number of aromatic nitrogens is 3. The standard InChI is InChI=1S/C21H22N4O2/c1-15-5-8-21(23-12-15)27-16-9-11-25(13-16)20-7-6-18(24-19(20)14-26)17-4-2-3-10-22-17/h2-8,10,12,16,26H,9,11,13-14H2,1H3/t16-/m0/s1. The minimum Gasteiger partial charge on any atom is -0.472 e. The molecule has 138 valence electrons. The molecule has 0 radical (unpaired) electrons. The predicted octanol–water partition coefficient (Wildman–Crippen LogP) is 3.00. The molecule has 0 unspecified atom stereocenters. The Morgan fingerprint density at radius 3 is 2.78 bits per heavy atom. The minimum atomic E-state index is -0.114. The first kappa shape index (κ1) is 17.4. The molecule has 0 amide bonds. The van der Waals surface area contributed by atoms with Crippen molar-refractivity contribution in [2.75, 3.05) is 18.0 Å². The summed E-state index contributed by atoms with van der Waals surface area (Å²) in [7, 11) is 0. The van der Waals surface area contributed by atoms with Gasteiger partial charge in [0.05, 0.1) is 35.9 Å². The van der Waals surface area contributed by atoms with Crippen LogP contribution in [0.3, 0.4) is 0 Å². The quantitative estimate of drug-likeness (QED) is 0.752. The van der Waals surface area contributed by atoms with Gasteiger partial charge in [-0.3, -0.25) is 4.98 Å². The zero-order chi connectivity index (χ0) is 18.6. The lowest BCUT2D eigenvalue weighted by molar-refractivity contribution is 0.215. The van der Waals surface area contributed by atoms with Gasteiger partial charge in [-0.25, -0.2) is 9.97 Å². The van der Waals surface area contributed by atoms with Crippen molar-refractivity contribution in [2.24, 2.45) is 0 Å². The molecule has 3 aromatic rings. The minimum absolute atomic E-state index is 0.0715. The number of pyridine rings is 3. The molecule has 0 aromatic carbocycles. The first-order valence-electron chi connectivity index (χ1n) is 9.09. The smallest absolute Gasteiger partial charge is 0.213 e. The molecule has 6 nitrogen and oxygen atoms in total. The zero-order valence-corrected chi connectivity index (χ0v) is 15.2.